The third-order valence-corrected chi connectivity index (χ3v) is 3.15. The van der Waals surface area contributed by atoms with Gasteiger partial charge >= 0.3 is 6.03 Å². The molecular formula is C8H5BrClFN2O. The average molecular weight is 279 g/mol. The summed E-state index contributed by atoms with van der Waals surface area (Å²) < 4.78 is 14.0. The number of benzene rings is 1. The van der Waals surface area contributed by atoms with Gasteiger partial charge in [-0.25, -0.2) is 9.18 Å². The lowest BCUT2D eigenvalue weighted by Gasteiger charge is -2.19. The molecule has 2 amide bonds. The average Bonchev–Trinajstić information content (AvgIpc) is 2.16. The Balaban J connectivity index is 2.60. The second kappa shape index (κ2) is 3.40. The predicted octanol–water partition coefficient (Wildman–Crippen LogP) is 2.88. The fourth-order valence-corrected chi connectivity index (χ4v) is 1.85. The van der Waals surface area contributed by atoms with Crippen molar-refractivity contribution in [2.24, 2.45) is 0 Å². The standard InChI is InChI=1S/C8H5BrClFN2O/c9-4-1-3-2-12-8(14)13-7(3)6(11)5(4)10/h1H,2H2,(H2,12,13,14). The van der Waals surface area contributed by atoms with Crippen LogP contribution in [0.3, 0.4) is 0 Å². The van der Waals surface area contributed by atoms with Gasteiger partial charge in [-0.2, -0.15) is 0 Å². The van der Waals surface area contributed by atoms with Crippen LogP contribution in [0, 0.1) is 5.82 Å². The Bertz CT molecular complexity index is 424. The molecule has 0 radical (unpaired) electrons. The highest BCUT2D eigenvalue weighted by Crippen LogP contribution is 2.34. The molecule has 0 bridgehead atoms. The van der Waals surface area contributed by atoms with Gasteiger partial charge in [0, 0.05) is 11.0 Å². The van der Waals surface area contributed by atoms with Crippen LogP contribution in [0.1, 0.15) is 5.56 Å². The topological polar surface area (TPSA) is 41.1 Å². The van der Waals surface area contributed by atoms with E-state index < -0.39 is 11.8 Å². The molecule has 1 heterocycles. The maximum absolute atomic E-state index is 13.5. The van der Waals surface area contributed by atoms with Gasteiger partial charge in [-0.05, 0) is 27.6 Å². The van der Waals surface area contributed by atoms with E-state index in [-0.39, 0.29) is 10.7 Å². The number of anilines is 1. The second-order valence-electron chi connectivity index (χ2n) is 2.83. The van der Waals surface area contributed by atoms with Crippen molar-refractivity contribution in [2.75, 3.05) is 5.32 Å². The number of carbonyl (C=O) groups is 1. The molecule has 1 aromatic carbocycles. The van der Waals surface area contributed by atoms with Crippen molar-refractivity contribution in [1.82, 2.24) is 5.32 Å². The van der Waals surface area contributed by atoms with Gasteiger partial charge in [-0.1, -0.05) is 11.6 Å². The molecule has 1 aliphatic heterocycles. The molecule has 0 unspecified atom stereocenters. The van der Waals surface area contributed by atoms with Gasteiger partial charge in [0.15, 0.2) is 5.82 Å². The number of rotatable bonds is 0. The van der Waals surface area contributed by atoms with E-state index in [2.05, 4.69) is 26.6 Å². The van der Waals surface area contributed by atoms with E-state index in [0.717, 1.165) is 0 Å². The van der Waals surface area contributed by atoms with Crippen LogP contribution in [-0.4, -0.2) is 6.03 Å². The van der Waals surface area contributed by atoms with E-state index in [0.29, 0.717) is 16.6 Å². The molecule has 3 nitrogen and oxygen atoms in total. The Hall–Kier alpha value is -0.810. The highest BCUT2D eigenvalue weighted by atomic mass is 79.9. The summed E-state index contributed by atoms with van der Waals surface area (Å²) in [6, 6.07) is 1.25. The van der Waals surface area contributed by atoms with E-state index in [9.17, 15) is 9.18 Å². The fourth-order valence-electron chi connectivity index (χ4n) is 1.25. The van der Waals surface area contributed by atoms with Crippen LogP contribution < -0.4 is 10.6 Å². The summed E-state index contributed by atoms with van der Waals surface area (Å²) in [5.74, 6) is -0.606. The van der Waals surface area contributed by atoms with Crippen LogP contribution in [0.25, 0.3) is 0 Å². The Morgan fingerprint density at radius 2 is 2.29 bits per heavy atom. The molecule has 1 aromatic rings. The first-order valence-electron chi connectivity index (χ1n) is 3.81. The molecule has 2 rings (SSSR count). The number of amides is 2. The van der Waals surface area contributed by atoms with Crippen LogP contribution in [0.4, 0.5) is 14.9 Å². The quantitative estimate of drug-likeness (QED) is 0.705. The number of fused-ring (bicyclic) bond motifs is 1. The number of nitrogens with one attached hydrogen (secondary N) is 2. The molecule has 0 aromatic heterocycles. The highest BCUT2D eigenvalue weighted by Gasteiger charge is 2.21. The summed E-state index contributed by atoms with van der Waals surface area (Å²) in [5, 5.41) is 4.88. The van der Waals surface area contributed by atoms with Gasteiger partial charge in [0.25, 0.3) is 0 Å². The van der Waals surface area contributed by atoms with E-state index in [4.69, 9.17) is 11.6 Å². The minimum atomic E-state index is -0.606. The maximum atomic E-state index is 13.5. The summed E-state index contributed by atoms with van der Waals surface area (Å²) >= 11 is 8.80. The van der Waals surface area contributed by atoms with Crippen molar-refractivity contribution in [1.29, 1.82) is 0 Å². The Morgan fingerprint density at radius 3 is 3.00 bits per heavy atom. The summed E-state index contributed by atoms with van der Waals surface area (Å²) in [6.45, 7) is 0.299. The summed E-state index contributed by atoms with van der Waals surface area (Å²) in [4.78, 5) is 10.9. The highest BCUT2D eigenvalue weighted by molar-refractivity contribution is 9.10. The number of halogens is 3. The minimum absolute atomic E-state index is 0.0223. The largest absolute Gasteiger partial charge is 0.334 e. The van der Waals surface area contributed by atoms with Crippen molar-refractivity contribution >= 4 is 39.2 Å². The molecule has 14 heavy (non-hydrogen) atoms. The van der Waals surface area contributed by atoms with E-state index in [1.807, 2.05) is 0 Å². The second-order valence-corrected chi connectivity index (χ2v) is 4.06. The first-order valence-corrected chi connectivity index (χ1v) is 4.98. The molecule has 0 atom stereocenters. The third-order valence-electron chi connectivity index (χ3n) is 1.92. The number of urea groups is 1. The first-order chi connectivity index (χ1) is 6.59. The van der Waals surface area contributed by atoms with E-state index in [1.54, 1.807) is 6.07 Å². The van der Waals surface area contributed by atoms with Crippen LogP contribution in [-0.2, 0) is 6.54 Å². The Kier molecular flexibility index (Phi) is 2.36. The van der Waals surface area contributed by atoms with Crippen molar-refractivity contribution in [3.8, 4) is 0 Å². The van der Waals surface area contributed by atoms with Gasteiger partial charge in [0.05, 0.1) is 10.7 Å². The maximum Gasteiger partial charge on any atom is 0.319 e. The number of hydrogen-bond acceptors (Lipinski definition) is 1. The number of carbonyl (C=O) groups excluding carboxylic acids is 1. The molecule has 0 spiro atoms. The van der Waals surface area contributed by atoms with Gasteiger partial charge < -0.3 is 10.6 Å². The number of hydrogen-bond donors (Lipinski definition) is 2. The van der Waals surface area contributed by atoms with Crippen LogP contribution in [0.15, 0.2) is 10.5 Å². The third kappa shape index (κ3) is 1.46. The lowest BCUT2D eigenvalue weighted by molar-refractivity contribution is 0.250. The van der Waals surface area contributed by atoms with Gasteiger partial charge in [0.1, 0.15) is 0 Å². The monoisotopic (exact) mass is 278 g/mol. The van der Waals surface area contributed by atoms with Gasteiger partial charge in [-0.3, -0.25) is 0 Å². The summed E-state index contributed by atoms with van der Waals surface area (Å²) in [7, 11) is 0. The van der Waals surface area contributed by atoms with Gasteiger partial charge in [0.2, 0.25) is 0 Å². The zero-order valence-electron chi connectivity index (χ0n) is 6.83. The van der Waals surface area contributed by atoms with E-state index >= 15 is 0 Å². The van der Waals surface area contributed by atoms with Gasteiger partial charge in [-0.15, -0.1) is 0 Å². The summed E-state index contributed by atoms with van der Waals surface area (Å²) in [5.41, 5.74) is 0.820. The van der Waals surface area contributed by atoms with Crippen molar-refractivity contribution in [3.05, 3.63) is 26.9 Å². The smallest absolute Gasteiger partial charge is 0.319 e. The normalized spacial score (nSPS) is 14.4. The molecule has 0 aliphatic carbocycles. The molecule has 0 saturated heterocycles. The lowest BCUT2D eigenvalue weighted by Crippen LogP contribution is -2.34. The molecule has 0 saturated carbocycles. The molecule has 74 valence electrons. The zero-order valence-corrected chi connectivity index (χ0v) is 9.17. The Morgan fingerprint density at radius 1 is 1.57 bits per heavy atom. The minimum Gasteiger partial charge on any atom is -0.334 e. The first kappa shape index (κ1) is 9.73. The van der Waals surface area contributed by atoms with Crippen LogP contribution in [0.5, 0.6) is 0 Å². The fraction of sp³-hybridized carbons (Fsp3) is 0.125. The molecule has 1 aliphatic rings. The Labute approximate surface area is 92.8 Å². The van der Waals surface area contributed by atoms with Crippen molar-refractivity contribution in [3.63, 3.8) is 0 Å². The molecule has 2 N–H and O–H groups in total. The van der Waals surface area contributed by atoms with E-state index in [1.165, 1.54) is 0 Å². The SMILES string of the molecule is O=C1NCc2cc(Br)c(Cl)c(F)c2N1. The molecule has 0 fully saturated rings. The summed E-state index contributed by atoms with van der Waals surface area (Å²) in [6.07, 6.45) is 0. The van der Waals surface area contributed by atoms with Crippen molar-refractivity contribution in [2.45, 2.75) is 6.54 Å². The molecule has 6 heteroatoms. The predicted molar refractivity (Wildman–Crippen MR) is 55.0 cm³/mol. The van der Waals surface area contributed by atoms with Crippen molar-refractivity contribution < 1.29 is 9.18 Å². The zero-order chi connectivity index (χ0) is 10.3. The van der Waals surface area contributed by atoms with Crippen LogP contribution in [0.2, 0.25) is 5.02 Å². The molecular weight excluding hydrogens is 274 g/mol. The van der Waals surface area contributed by atoms with Crippen LogP contribution >= 0.6 is 27.5 Å². The lowest BCUT2D eigenvalue weighted by atomic mass is 10.1.